The molecule has 5 rings (SSSR count). The number of alkyl halides is 2. The van der Waals surface area contributed by atoms with E-state index in [0.29, 0.717) is 42.6 Å². The Kier molecular flexibility index (Phi) is 6.53. The highest BCUT2D eigenvalue weighted by Crippen LogP contribution is 2.39. The van der Waals surface area contributed by atoms with Gasteiger partial charge in [-0.25, -0.2) is 13.8 Å². The van der Waals surface area contributed by atoms with Gasteiger partial charge in [-0.2, -0.15) is 5.10 Å². The van der Waals surface area contributed by atoms with Crippen molar-refractivity contribution in [1.82, 2.24) is 25.1 Å². The Morgan fingerprint density at radius 3 is 2.76 bits per heavy atom. The zero-order valence-corrected chi connectivity index (χ0v) is 19.6. The molecular weight excluding hydrogens is 482 g/mol. The molecule has 178 valence electrons. The van der Waals surface area contributed by atoms with E-state index in [-0.39, 0.29) is 18.1 Å². The van der Waals surface area contributed by atoms with Gasteiger partial charge in [-0.05, 0) is 31.7 Å². The molecule has 8 nitrogen and oxygen atoms in total. The van der Waals surface area contributed by atoms with E-state index in [1.165, 1.54) is 41.3 Å². The molecule has 0 saturated heterocycles. The SMILES string of the molecule is O=C(N[C@H]1CC[C@H](O)CC1)c1cnc2sc(-c3cncs3)cc2c1Nc1cnn(CC(F)F)c1. The summed E-state index contributed by atoms with van der Waals surface area (Å²) in [6.45, 7) is -0.512. The number of aliphatic hydroxyl groups excluding tert-OH is 1. The van der Waals surface area contributed by atoms with Crippen LogP contribution >= 0.6 is 22.7 Å². The number of thiazole rings is 1. The lowest BCUT2D eigenvalue weighted by atomic mass is 9.93. The second kappa shape index (κ2) is 9.72. The second-order valence-electron chi connectivity index (χ2n) is 8.19. The molecule has 1 amide bonds. The number of anilines is 2. The van der Waals surface area contributed by atoms with Crippen LogP contribution in [0, 0.1) is 0 Å². The van der Waals surface area contributed by atoms with Crippen molar-refractivity contribution in [3.63, 3.8) is 0 Å². The predicted octanol–water partition coefficient (Wildman–Crippen LogP) is 4.66. The van der Waals surface area contributed by atoms with Crippen LogP contribution in [0.15, 0.2) is 36.4 Å². The van der Waals surface area contributed by atoms with E-state index in [4.69, 9.17) is 0 Å². The first kappa shape index (κ1) is 22.8. The minimum Gasteiger partial charge on any atom is -0.393 e. The standard InChI is InChI=1S/C22H22F2N6O2S2/c23-19(24)10-30-9-13(6-27-30)28-20-15-5-17(18-8-25-11-33-18)34-22(15)26-7-16(20)21(32)29-12-1-3-14(31)4-2-12/h5-9,11-12,14,19,31H,1-4,10H2,(H,26,28)(H,29,32)/t12-,14-. The number of aliphatic hydroxyl groups is 1. The minimum atomic E-state index is -2.52. The summed E-state index contributed by atoms with van der Waals surface area (Å²) >= 11 is 3.00. The van der Waals surface area contributed by atoms with Gasteiger partial charge >= 0.3 is 0 Å². The number of thiophene rings is 1. The number of carbonyl (C=O) groups excluding carboxylic acids is 1. The number of pyridine rings is 1. The van der Waals surface area contributed by atoms with Crippen molar-refractivity contribution < 1.29 is 18.7 Å². The molecule has 0 radical (unpaired) electrons. The molecule has 0 atom stereocenters. The van der Waals surface area contributed by atoms with Crippen LogP contribution in [0.2, 0.25) is 0 Å². The van der Waals surface area contributed by atoms with E-state index >= 15 is 0 Å². The molecule has 0 unspecified atom stereocenters. The molecule has 4 aromatic rings. The highest BCUT2D eigenvalue weighted by molar-refractivity contribution is 7.25. The summed E-state index contributed by atoms with van der Waals surface area (Å²) < 4.78 is 26.7. The molecule has 0 aliphatic heterocycles. The zero-order valence-electron chi connectivity index (χ0n) is 17.9. The Morgan fingerprint density at radius 1 is 1.21 bits per heavy atom. The zero-order chi connectivity index (χ0) is 23.7. The number of fused-ring (bicyclic) bond motifs is 1. The number of hydrogen-bond donors (Lipinski definition) is 3. The van der Waals surface area contributed by atoms with Crippen molar-refractivity contribution in [3.8, 4) is 9.75 Å². The number of nitrogens with zero attached hydrogens (tertiary/aromatic N) is 4. The van der Waals surface area contributed by atoms with Crippen LogP contribution in [0.5, 0.6) is 0 Å². The summed E-state index contributed by atoms with van der Waals surface area (Å²) in [7, 11) is 0. The Bertz CT molecular complexity index is 1280. The average molecular weight is 505 g/mol. The summed E-state index contributed by atoms with van der Waals surface area (Å²) in [4.78, 5) is 24.6. The fraction of sp³-hybridized carbons (Fsp3) is 0.364. The van der Waals surface area contributed by atoms with Gasteiger partial charge in [0.2, 0.25) is 0 Å². The smallest absolute Gasteiger partial charge is 0.257 e. The summed E-state index contributed by atoms with van der Waals surface area (Å²) in [6, 6.07) is 1.93. The van der Waals surface area contributed by atoms with Crippen LogP contribution in [-0.4, -0.2) is 49.3 Å². The van der Waals surface area contributed by atoms with Crippen LogP contribution in [0.3, 0.4) is 0 Å². The normalized spacial score (nSPS) is 18.5. The fourth-order valence-corrected chi connectivity index (χ4v) is 5.77. The summed E-state index contributed by atoms with van der Waals surface area (Å²) in [5.74, 6) is -0.274. The number of nitrogens with one attached hydrogen (secondary N) is 2. The maximum atomic E-state index is 13.3. The third-order valence-electron chi connectivity index (χ3n) is 5.74. The maximum absolute atomic E-state index is 13.3. The topological polar surface area (TPSA) is 105 Å². The van der Waals surface area contributed by atoms with E-state index < -0.39 is 13.0 Å². The van der Waals surface area contributed by atoms with Crippen molar-refractivity contribution in [1.29, 1.82) is 0 Å². The maximum Gasteiger partial charge on any atom is 0.257 e. The summed E-state index contributed by atoms with van der Waals surface area (Å²) in [5.41, 5.74) is 3.15. The molecule has 1 aliphatic rings. The lowest BCUT2D eigenvalue weighted by Crippen LogP contribution is -2.38. The van der Waals surface area contributed by atoms with Crippen LogP contribution in [-0.2, 0) is 6.54 Å². The molecule has 12 heteroatoms. The molecule has 1 aliphatic carbocycles. The van der Waals surface area contributed by atoms with Gasteiger partial charge in [-0.3, -0.25) is 14.5 Å². The third kappa shape index (κ3) is 4.93. The van der Waals surface area contributed by atoms with Crippen molar-refractivity contribution in [3.05, 3.63) is 41.9 Å². The minimum absolute atomic E-state index is 0.0246. The summed E-state index contributed by atoms with van der Waals surface area (Å²) in [5, 5.41) is 20.8. The van der Waals surface area contributed by atoms with Crippen molar-refractivity contribution >= 4 is 50.2 Å². The number of aromatic nitrogens is 4. The molecule has 34 heavy (non-hydrogen) atoms. The molecule has 1 saturated carbocycles. The summed E-state index contributed by atoms with van der Waals surface area (Å²) in [6.07, 6.45) is 6.14. The van der Waals surface area contributed by atoms with Gasteiger partial charge in [0, 0.05) is 34.9 Å². The number of rotatable bonds is 7. The van der Waals surface area contributed by atoms with Crippen LogP contribution < -0.4 is 10.6 Å². The second-order valence-corrected chi connectivity index (χ2v) is 10.1. The predicted molar refractivity (Wildman–Crippen MR) is 128 cm³/mol. The van der Waals surface area contributed by atoms with Crippen molar-refractivity contribution in [2.45, 2.75) is 50.8 Å². The van der Waals surface area contributed by atoms with Crippen molar-refractivity contribution in [2.75, 3.05) is 5.32 Å². The van der Waals surface area contributed by atoms with Crippen LogP contribution in [0.25, 0.3) is 20.0 Å². The molecule has 4 aromatic heterocycles. The lowest BCUT2D eigenvalue weighted by molar-refractivity contribution is 0.0868. The lowest BCUT2D eigenvalue weighted by Gasteiger charge is -2.26. The molecular formula is C22H22F2N6O2S2. The highest BCUT2D eigenvalue weighted by Gasteiger charge is 2.24. The Morgan fingerprint density at radius 2 is 2.03 bits per heavy atom. The highest BCUT2D eigenvalue weighted by atomic mass is 32.1. The quantitative estimate of drug-likeness (QED) is 0.338. The monoisotopic (exact) mass is 504 g/mol. The van der Waals surface area contributed by atoms with Gasteiger partial charge in [-0.15, -0.1) is 22.7 Å². The molecule has 1 fully saturated rings. The fourth-order valence-electron chi connectivity index (χ4n) is 4.05. The Labute approximate surface area is 201 Å². The molecule has 0 spiro atoms. The van der Waals surface area contributed by atoms with Gasteiger partial charge in [0.05, 0.1) is 39.6 Å². The van der Waals surface area contributed by atoms with E-state index in [1.807, 2.05) is 6.07 Å². The first-order valence-electron chi connectivity index (χ1n) is 10.8. The van der Waals surface area contributed by atoms with E-state index in [1.54, 1.807) is 11.7 Å². The first-order chi connectivity index (χ1) is 16.5. The number of hydrogen-bond acceptors (Lipinski definition) is 8. The molecule has 4 heterocycles. The van der Waals surface area contributed by atoms with Gasteiger partial charge in [0.25, 0.3) is 12.3 Å². The Balaban J connectivity index is 1.50. The van der Waals surface area contributed by atoms with Crippen LogP contribution in [0.4, 0.5) is 20.2 Å². The van der Waals surface area contributed by atoms with E-state index in [0.717, 1.165) is 24.7 Å². The molecule has 0 aromatic carbocycles. The largest absolute Gasteiger partial charge is 0.393 e. The Hall–Kier alpha value is -2.96. The first-order valence-corrected chi connectivity index (χ1v) is 12.5. The van der Waals surface area contributed by atoms with E-state index in [9.17, 15) is 18.7 Å². The number of carbonyl (C=O) groups is 1. The molecule has 3 N–H and O–H groups in total. The van der Waals surface area contributed by atoms with Gasteiger partial charge in [-0.1, -0.05) is 0 Å². The number of halogens is 2. The van der Waals surface area contributed by atoms with Crippen molar-refractivity contribution in [2.24, 2.45) is 0 Å². The molecule has 0 bridgehead atoms. The van der Waals surface area contributed by atoms with Gasteiger partial charge in [0.15, 0.2) is 0 Å². The third-order valence-corrected chi connectivity index (χ3v) is 7.75. The average Bonchev–Trinajstić information content (AvgIpc) is 3.55. The van der Waals surface area contributed by atoms with Gasteiger partial charge < -0.3 is 15.7 Å². The number of amides is 1. The van der Waals surface area contributed by atoms with Gasteiger partial charge in [0.1, 0.15) is 11.4 Å². The van der Waals surface area contributed by atoms with E-state index in [2.05, 4.69) is 25.7 Å². The van der Waals surface area contributed by atoms with Crippen LogP contribution in [0.1, 0.15) is 36.0 Å².